The van der Waals surface area contributed by atoms with Crippen LogP contribution in [0.5, 0.6) is 0 Å². The van der Waals surface area contributed by atoms with Crippen LogP contribution >= 0.6 is 22.6 Å². The molecule has 0 saturated carbocycles. The zero-order chi connectivity index (χ0) is 12.4. The molecule has 0 saturated heterocycles. The van der Waals surface area contributed by atoms with E-state index in [-0.39, 0.29) is 17.7 Å². The first-order valence-corrected chi connectivity index (χ1v) is 5.81. The Balaban J connectivity index is 2.42. The summed E-state index contributed by atoms with van der Waals surface area (Å²) in [4.78, 5) is 11.5. The van der Waals surface area contributed by atoms with Gasteiger partial charge < -0.3 is 0 Å². The molecule has 3 nitrogen and oxygen atoms in total. The first kappa shape index (κ1) is 12.2. The topological polar surface area (TPSA) is 34.9 Å². The second-order valence-electron chi connectivity index (χ2n) is 3.37. The molecule has 0 N–H and O–H groups in total. The summed E-state index contributed by atoms with van der Waals surface area (Å²) in [7, 11) is 0. The number of nitrogens with zero attached hydrogens (tertiary/aromatic N) is 2. The summed E-state index contributed by atoms with van der Waals surface area (Å²) in [5.41, 5.74) is -0.553. The van der Waals surface area contributed by atoms with E-state index in [4.69, 9.17) is 0 Å². The van der Waals surface area contributed by atoms with Crippen molar-refractivity contribution in [2.45, 2.75) is 6.54 Å². The van der Waals surface area contributed by atoms with Gasteiger partial charge in [0.25, 0.3) is 5.56 Å². The van der Waals surface area contributed by atoms with Crippen LogP contribution in [0.1, 0.15) is 5.56 Å². The first-order chi connectivity index (χ1) is 8.08. The lowest BCUT2D eigenvalue weighted by molar-refractivity contribution is 0.524. The molecule has 0 unspecified atom stereocenters. The molecule has 0 spiro atoms. The molecule has 17 heavy (non-hydrogen) atoms. The Labute approximate surface area is 109 Å². The minimum Gasteiger partial charge on any atom is -0.268 e. The molecule has 2 aromatic rings. The number of hydrogen-bond acceptors (Lipinski definition) is 2. The first-order valence-electron chi connectivity index (χ1n) is 4.73. The highest BCUT2D eigenvalue weighted by Gasteiger charge is 2.10. The normalized spacial score (nSPS) is 10.5. The monoisotopic (exact) mass is 348 g/mol. The number of hydrogen-bond donors (Lipinski definition) is 0. The van der Waals surface area contributed by atoms with Crippen LogP contribution in [-0.4, -0.2) is 9.78 Å². The van der Waals surface area contributed by atoms with Gasteiger partial charge >= 0.3 is 0 Å². The van der Waals surface area contributed by atoms with Crippen molar-refractivity contribution < 1.29 is 8.78 Å². The molecule has 1 aromatic carbocycles. The Kier molecular flexibility index (Phi) is 3.51. The smallest absolute Gasteiger partial charge is 0.268 e. The van der Waals surface area contributed by atoms with Crippen LogP contribution in [0, 0.1) is 15.2 Å². The molecular formula is C11H7F2IN2O. The summed E-state index contributed by atoms with van der Waals surface area (Å²) in [6.07, 6.45) is 1.46. The molecule has 0 radical (unpaired) electrons. The summed E-state index contributed by atoms with van der Waals surface area (Å²) in [5.74, 6) is -1.37. The zero-order valence-electron chi connectivity index (χ0n) is 8.53. The van der Waals surface area contributed by atoms with Gasteiger partial charge in [-0.15, -0.1) is 0 Å². The molecule has 0 aliphatic rings. The van der Waals surface area contributed by atoms with Gasteiger partial charge in [-0.05, 0) is 34.7 Å². The molecule has 2 rings (SSSR count). The average Bonchev–Trinajstić information content (AvgIpc) is 2.26. The Morgan fingerprint density at radius 3 is 2.53 bits per heavy atom. The quantitative estimate of drug-likeness (QED) is 0.780. The van der Waals surface area contributed by atoms with Gasteiger partial charge in [-0.25, -0.2) is 13.5 Å². The predicted molar refractivity (Wildman–Crippen MR) is 66.7 cm³/mol. The number of halogens is 3. The largest absolute Gasteiger partial charge is 0.268 e. The van der Waals surface area contributed by atoms with Crippen LogP contribution in [0.2, 0.25) is 0 Å². The summed E-state index contributed by atoms with van der Waals surface area (Å²) in [6, 6.07) is 4.93. The lowest BCUT2D eigenvalue weighted by atomic mass is 10.2. The zero-order valence-corrected chi connectivity index (χ0v) is 10.7. The molecular weight excluding hydrogens is 341 g/mol. The van der Waals surface area contributed by atoms with Crippen LogP contribution in [0.3, 0.4) is 0 Å². The third kappa shape index (κ3) is 2.68. The second kappa shape index (κ2) is 4.91. The van der Waals surface area contributed by atoms with Crippen molar-refractivity contribution in [3.05, 3.63) is 61.6 Å². The van der Waals surface area contributed by atoms with E-state index in [0.29, 0.717) is 3.57 Å². The highest BCUT2D eigenvalue weighted by molar-refractivity contribution is 14.1. The van der Waals surface area contributed by atoms with E-state index in [1.54, 1.807) is 0 Å². The third-order valence-electron chi connectivity index (χ3n) is 2.21. The summed E-state index contributed by atoms with van der Waals surface area (Å²) in [6.45, 7) is -0.214. The Bertz CT molecular complexity index is 592. The predicted octanol–water partition coefficient (Wildman–Crippen LogP) is 2.17. The number of rotatable bonds is 2. The van der Waals surface area contributed by atoms with Gasteiger partial charge in [-0.3, -0.25) is 4.79 Å². The molecule has 0 atom stereocenters. The minimum atomic E-state index is -0.683. The van der Waals surface area contributed by atoms with Crippen LogP contribution < -0.4 is 5.56 Å². The molecule has 6 heteroatoms. The number of benzene rings is 1. The van der Waals surface area contributed by atoms with Crippen molar-refractivity contribution in [1.82, 2.24) is 9.78 Å². The molecule has 0 aliphatic carbocycles. The van der Waals surface area contributed by atoms with Crippen LogP contribution in [0.4, 0.5) is 8.78 Å². The number of aromatic nitrogens is 2. The minimum absolute atomic E-state index is 0.164. The van der Waals surface area contributed by atoms with Gasteiger partial charge in [0, 0.05) is 15.2 Å². The SMILES string of the molecule is O=c1cc(I)cnn1Cc1c(F)cccc1F. The van der Waals surface area contributed by atoms with Gasteiger partial charge in [0.05, 0.1) is 12.7 Å². The van der Waals surface area contributed by atoms with Crippen LogP contribution in [-0.2, 0) is 6.54 Å². The third-order valence-corrected chi connectivity index (χ3v) is 2.80. The fraction of sp³-hybridized carbons (Fsp3) is 0.0909. The van der Waals surface area contributed by atoms with E-state index in [2.05, 4.69) is 5.10 Å². The molecule has 0 amide bonds. The van der Waals surface area contributed by atoms with Gasteiger partial charge in [0.15, 0.2) is 0 Å². The van der Waals surface area contributed by atoms with Crippen molar-refractivity contribution in [3.63, 3.8) is 0 Å². The molecule has 0 aliphatic heterocycles. The van der Waals surface area contributed by atoms with E-state index >= 15 is 0 Å². The average molecular weight is 348 g/mol. The maximum absolute atomic E-state index is 13.4. The van der Waals surface area contributed by atoms with Crippen molar-refractivity contribution in [3.8, 4) is 0 Å². The molecule has 88 valence electrons. The Hall–Kier alpha value is -1.31. The maximum atomic E-state index is 13.4. The molecule has 0 fully saturated rings. The lowest BCUT2D eigenvalue weighted by Gasteiger charge is -2.06. The van der Waals surface area contributed by atoms with Crippen molar-refractivity contribution in [1.29, 1.82) is 0 Å². The van der Waals surface area contributed by atoms with Gasteiger partial charge in [0.1, 0.15) is 11.6 Å². The van der Waals surface area contributed by atoms with E-state index in [0.717, 1.165) is 16.8 Å². The summed E-state index contributed by atoms with van der Waals surface area (Å²) >= 11 is 1.94. The van der Waals surface area contributed by atoms with E-state index in [9.17, 15) is 13.6 Å². The fourth-order valence-corrected chi connectivity index (χ4v) is 1.75. The van der Waals surface area contributed by atoms with Gasteiger partial charge in [-0.2, -0.15) is 5.10 Å². The Morgan fingerprint density at radius 1 is 1.29 bits per heavy atom. The van der Waals surface area contributed by atoms with Crippen molar-refractivity contribution in [2.24, 2.45) is 0 Å². The van der Waals surface area contributed by atoms with E-state index in [1.165, 1.54) is 18.3 Å². The molecule has 0 bridgehead atoms. The van der Waals surface area contributed by atoms with E-state index in [1.807, 2.05) is 22.6 Å². The standard InChI is InChI=1S/C11H7F2IN2O/c12-9-2-1-3-10(13)8(9)6-16-11(17)4-7(14)5-15-16/h1-5H,6H2. The summed E-state index contributed by atoms with van der Waals surface area (Å²) in [5, 5.41) is 3.82. The summed E-state index contributed by atoms with van der Waals surface area (Å²) < 4.78 is 28.4. The molecule has 1 aromatic heterocycles. The fourth-order valence-electron chi connectivity index (χ4n) is 1.36. The maximum Gasteiger partial charge on any atom is 0.268 e. The lowest BCUT2D eigenvalue weighted by Crippen LogP contribution is -2.23. The highest BCUT2D eigenvalue weighted by atomic mass is 127. The Morgan fingerprint density at radius 2 is 1.94 bits per heavy atom. The van der Waals surface area contributed by atoms with Crippen LogP contribution in [0.15, 0.2) is 35.3 Å². The second-order valence-corrected chi connectivity index (χ2v) is 4.62. The van der Waals surface area contributed by atoms with Gasteiger partial charge in [-0.1, -0.05) is 6.07 Å². The van der Waals surface area contributed by atoms with E-state index < -0.39 is 11.6 Å². The van der Waals surface area contributed by atoms with Crippen LogP contribution in [0.25, 0.3) is 0 Å². The van der Waals surface area contributed by atoms with Crippen molar-refractivity contribution in [2.75, 3.05) is 0 Å². The molecule has 1 heterocycles. The van der Waals surface area contributed by atoms with Crippen molar-refractivity contribution >= 4 is 22.6 Å². The van der Waals surface area contributed by atoms with Gasteiger partial charge in [0.2, 0.25) is 0 Å². The highest BCUT2D eigenvalue weighted by Crippen LogP contribution is 2.12.